The fourth-order valence-corrected chi connectivity index (χ4v) is 6.38. The number of nitrogens with zero attached hydrogens (tertiary/aromatic N) is 1. The lowest BCUT2D eigenvalue weighted by Crippen LogP contribution is -2.51. The van der Waals surface area contributed by atoms with Gasteiger partial charge in [-0.1, -0.05) is 12.1 Å². The number of amides is 1. The molecular weight excluding hydrogens is 511 g/mol. The molecule has 1 aliphatic heterocycles. The molecule has 5 rings (SSSR count). The molecular formula is C29H32F3N3O4. The maximum absolute atomic E-state index is 13.4. The van der Waals surface area contributed by atoms with Crippen molar-refractivity contribution in [3.05, 3.63) is 64.8 Å². The SMILES string of the molecule is COc1cc(C)c2[nH]ccc2c1CN1CCC2(CC(C(F)(F)F)C2)C[C@H]1c1ccc(C(=O)NCC(=O)O)cc1. The van der Waals surface area contributed by atoms with Crippen LogP contribution in [-0.2, 0) is 11.3 Å². The van der Waals surface area contributed by atoms with Gasteiger partial charge in [-0.3, -0.25) is 14.5 Å². The van der Waals surface area contributed by atoms with Crippen molar-refractivity contribution >= 4 is 22.8 Å². The van der Waals surface area contributed by atoms with Crippen LogP contribution in [0.4, 0.5) is 13.2 Å². The van der Waals surface area contributed by atoms with E-state index < -0.39 is 30.5 Å². The number of H-pyrrole nitrogens is 1. The van der Waals surface area contributed by atoms with Crippen molar-refractivity contribution in [2.75, 3.05) is 20.2 Å². The molecule has 0 bridgehead atoms. The van der Waals surface area contributed by atoms with E-state index in [9.17, 15) is 22.8 Å². The lowest BCUT2D eigenvalue weighted by molar-refractivity contribution is -0.230. The van der Waals surface area contributed by atoms with Crippen molar-refractivity contribution in [3.63, 3.8) is 0 Å². The molecule has 1 amide bonds. The molecule has 0 radical (unpaired) electrons. The molecule has 3 aromatic rings. The van der Waals surface area contributed by atoms with E-state index in [0.29, 0.717) is 31.5 Å². The number of likely N-dealkylation sites (tertiary alicyclic amines) is 1. The van der Waals surface area contributed by atoms with Crippen LogP contribution in [0.25, 0.3) is 10.9 Å². The molecule has 1 aromatic heterocycles. The molecule has 2 heterocycles. The highest BCUT2D eigenvalue weighted by Gasteiger charge is 2.57. The lowest BCUT2D eigenvalue weighted by atomic mass is 9.55. The number of hydrogen-bond acceptors (Lipinski definition) is 4. The van der Waals surface area contributed by atoms with Crippen LogP contribution in [0.5, 0.6) is 5.75 Å². The van der Waals surface area contributed by atoms with Crippen LogP contribution in [-0.4, -0.2) is 53.2 Å². The number of carboxylic acid groups (broad SMARTS) is 1. The topological polar surface area (TPSA) is 94.7 Å². The summed E-state index contributed by atoms with van der Waals surface area (Å²) in [5, 5.41) is 12.2. The van der Waals surface area contributed by atoms with E-state index in [-0.39, 0.29) is 24.3 Å². The fraction of sp³-hybridized carbons (Fsp3) is 0.448. The zero-order chi connectivity index (χ0) is 27.9. The Kier molecular flexibility index (Phi) is 7.09. The first-order valence-electron chi connectivity index (χ1n) is 13.0. The maximum Gasteiger partial charge on any atom is 0.391 e. The zero-order valence-electron chi connectivity index (χ0n) is 21.9. The molecule has 3 N–H and O–H groups in total. The number of carbonyl (C=O) groups is 2. The lowest BCUT2D eigenvalue weighted by Gasteiger charge is -2.55. The molecule has 0 unspecified atom stereocenters. The largest absolute Gasteiger partial charge is 0.496 e. The number of hydrogen-bond donors (Lipinski definition) is 3. The Bertz CT molecular complexity index is 1380. The van der Waals surface area contributed by atoms with Gasteiger partial charge in [-0.2, -0.15) is 13.2 Å². The summed E-state index contributed by atoms with van der Waals surface area (Å²) >= 11 is 0. The Balaban J connectivity index is 1.44. The normalized spacial score (nSPS) is 23.5. The molecule has 10 heteroatoms. The Hall–Kier alpha value is -3.53. The third kappa shape index (κ3) is 5.34. The predicted octanol–water partition coefficient (Wildman–Crippen LogP) is 5.60. The molecule has 1 aliphatic carbocycles. The van der Waals surface area contributed by atoms with E-state index in [1.54, 1.807) is 19.2 Å². The summed E-state index contributed by atoms with van der Waals surface area (Å²) in [6.07, 6.45) is -0.704. The van der Waals surface area contributed by atoms with E-state index in [4.69, 9.17) is 9.84 Å². The van der Waals surface area contributed by atoms with E-state index in [1.165, 1.54) is 0 Å². The molecule has 2 fully saturated rings. The van der Waals surface area contributed by atoms with Gasteiger partial charge >= 0.3 is 12.1 Å². The summed E-state index contributed by atoms with van der Waals surface area (Å²) in [5.41, 5.74) is 3.99. The van der Waals surface area contributed by atoms with Gasteiger partial charge < -0.3 is 20.1 Å². The van der Waals surface area contributed by atoms with Gasteiger partial charge in [0.2, 0.25) is 0 Å². The predicted molar refractivity (Wildman–Crippen MR) is 140 cm³/mol. The van der Waals surface area contributed by atoms with Crippen LogP contribution < -0.4 is 10.1 Å². The number of ether oxygens (including phenoxy) is 1. The van der Waals surface area contributed by atoms with Crippen LogP contribution in [0, 0.1) is 18.3 Å². The number of piperidine rings is 1. The number of carbonyl (C=O) groups excluding carboxylic acids is 1. The number of methoxy groups -OCH3 is 1. The first-order chi connectivity index (χ1) is 18.5. The Morgan fingerprint density at radius 2 is 1.90 bits per heavy atom. The number of aryl methyl sites for hydroxylation is 1. The number of fused-ring (bicyclic) bond motifs is 1. The van der Waals surface area contributed by atoms with Crippen molar-refractivity contribution in [1.29, 1.82) is 0 Å². The third-order valence-electron chi connectivity index (χ3n) is 8.47. The van der Waals surface area contributed by atoms with Crippen LogP contribution in [0.3, 0.4) is 0 Å². The van der Waals surface area contributed by atoms with Crippen molar-refractivity contribution in [2.24, 2.45) is 11.3 Å². The van der Waals surface area contributed by atoms with Gasteiger partial charge in [0.25, 0.3) is 5.91 Å². The molecule has 39 heavy (non-hydrogen) atoms. The second-order valence-corrected chi connectivity index (χ2v) is 10.9. The monoisotopic (exact) mass is 543 g/mol. The number of nitrogens with one attached hydrogen (secondary N) is 2. The standard InChI is InChI=1S/C29H32F3N3O4/c1-17-11-24(39-2)22(21-7-9-33-26(17)21)16-35-10-8-28(12-20(13-28)29(30,31)32)14-23(35)18-3-5-19(6-4-18)27(38)34-15-25(36)37/h3-7,9,11,20,23,33H,8,10,12-16H2,1-2H3,(H,34,38)(H,36,37)/t20?,23-,28?/m0/s1. The second-order valence-electron chi connectivity index (χ2n) is 10.9. The first-order valence-corrected chi connectivity index (χ1v) is 13.0. The Morgan fingerprint density at radius 3 is 2.54 bits per heavy atom. The molecule has 1 atom stereocenters. The van der Waals surface area contributed by atoms with Crippen LogP contribution >= 0.6 is 0 Å². The zero-order valence-corrected chi connectivity index (χ0v) is 21.9. The smallest absolute Gasteiger partial charge is 0.391 e. The van der Waals surface area contributed by atoms with E-state index in [2.05, 4.69) is 15.2 Å². The van der Waals surface area contributed by atoms with Gasteiger partial charge in [-0.15, -0.1) is 0 Å². The van der Waals surface area contributed by atoms with E-state index >= 15 is 0 Å². The van der Waals surface area contributed by atoms with Gasteiger partial charge in [-0.25, -0.2) is 0 Å². The van der Waals surface area contributed by atoms with Crippen molar-refractivity contribution < 1.29 is 32.6 Å². The summed E-state index contributed by atoms with van der Waals surface area (Å²) in [6, 6.07) is 10.8. The van der Waals surface area contributed by atoms with E-state index in [0.717, 1.165) is 33.3 Å². The van der Waals surface area contributed by atoms with E-state index in [1.807, 2.05) is 37.4 Å². The molecule has 1 saturated heterocycles. The van der Waals surface area contributed by atoms with Crippen molar-refractivity contribution in [1.82, 2.24) is 15.2 Å². The second kappa shape index (κ2) is 10.2. The number of benzene rings is 2. The summed E-state index contributed by atoms with van der Waals surface area (Å²) < 4.78 is 45.9. The minimum atomic E-state index is -4.17. The number of aromatic amines is 1. The molecule has 7 nitrogen and oxygen atoms in total. The number of halogens is 3. The molecule has 2 aliphatic rings. The maximum atomic E-state index is 13.4. The van der Waals surface area contributed by atoms with Gasteiger partial charge in [0.15, 0.2) is 0 Å². The highest BCUT2D eigenvalue weighted by molar-refractivity contribution is 5.95. The van der Waals surface area contributed by atoms with Gasteiger partial charge in [0.1, 0.15) is 12.3 Å². The fourth-order valence-electron chi connectivity index (χ4n) is 6.38. The highest BCUT2D eigenvalue weighted by atomic mass is 19.4. The number of carboxylic acids is 1. The molecule has 1 saturated carbocycles. The van der Waals surface area contributed by atoms with Crippen molar-refractivity contribution in [2.45, 2.75) is 51.4 Å². The van der Waals surface area contributed by atoms with Gasteiger partial charge in [0.05, 0.1) is 13.0 Å². The van der Waals surface area contributed by atoms with Crippen molar-refractivity contribution in [3.8, 4) is 5.75 Å². The highest BCUT2D eigenvalue weighted by Crippen LogP contribution is 2.60. The Morgan fingerprint density at radius 1 is 1.18 bits per heavy atom. The quantitative estimate of drug-likeness (QED) is 0.361. The van der Waals surface area contributed by atoms with Crippen LogP contribution in [0.1, 0.15) is 58.8 Å². The number of aliphatic carboxylic acids is 1. The molecule has 2 aromatic carbocycles. The summed E-state index contributed by atoms with van der Waals surface area (Å²) in [5.74, 6) is -2.11. The van der Waals surface area contributed by atoms with Crippen LogP contribution in [0.15, 0.2) is 42.6 Å². The summed E-state index contributed by atoms with van der Waals surface area (Å²) in [4.78, 5) is 28.7. The minimum Gasteiger partial charge on any atom is -0.496 e. The average molecular weight is 544 g/mol. The average Bonchev–Trinajstić information content (AvgIpc) is 3.38. The third-order valence-corrected chi connectivity index (χ3v) is 8.47. The number of aromatic nitrogens is 1. The number of rotatable bonds is 7. The molecule has 1 spiro atoms. The Labute approximate surface area is 224 Å². The van der Waals surface area contributed by atoms with Crippen LogP contribution in [0.2, 0.25) is 0 Å². The number of alkyl halides is 3. The van der Waals surface area contributed by atoms with Gasteiger partial charge in [-0.05, 0) is 80.0 Å². The first kappa shape index (κ1) is 27.1. The van der Waals surface area contributed by atoms with Gasteiger partial charge in [0, 0.05) is 40.8 Å². The summed E-state index contributed by atoms with van der Waals surface area (Å²) in [7, 11) is 1.64. The molecule has 208 valence electrons. The minimum absolute atomic E-state index is 0.145. The summed E-state index contributed by atoms with van der Waals surface area (Å²) in [6.45, 7) is 2.73.